The third-order valence-corrected chi connectivity index (χ3v) is 17.0. The average Bonchev–Trinajstić information content (AvgIpc) is 3.48. The monoisotopic (exact) mass is 1130 g/mol. The van der Waals surface area contributed by atoms with Gasteiger partial charge in [-0.25, -0.2) is 4.79 Å². The summed E-state index contributed by atoms with van der Waals surface area (Å²) in [6, 6.07) is 18.4. The fourth-order valence-electron chi connectivity index (χ4n) is 10.7. The number of esters is 3. The molecule has 0 heterocycles. The quantitative estimate of drug-likeness (QED) is 0.0396. The van der Waals surface area contributed by atoms with Crippen LogP contribution in [-0.4, -0.2) is 54.1 Å². The minimum absolute atomic E-state index is 0.0419. The summed E-state index contributed by atoms with van der Waals surface area (Å²) in [5.41, 5.74) is 1.67. The molecule has 0 saturated carbocycles. The zero-order valence-electron chi connectivity index (χ0n) is 51.9. The van der Waals surface area contributed by atoms with Crippen molar-refractivity contribution in [1.29, 1.82) is 0 Å². The van der Waals surface area contributed by atoms with Gasteiger partial charge in [-0.05, 0) is 30.4 Å². The van der Waals surface area contributed by atoms with Crippen molar-refractivity contribution in [1.82, 2.24) is 5.32 Å². The van der Waals surface area contributed by atoms with E-state index in [-0.39, 0.29) is 30.2 Å². The second kappa shape index (κ2) is 54.9. The minimum Gasteiger partial charge on any atom is -0.462 e. The molecule has 1 amide bonds. The van der Waals surface area contributed by atoms with Gasteiger partial charge in [0.15, 0.2) is 6.10 Å². The van der Waals surface area contributed by atoms with E-state index in [1.165, 1.54) is 230 Å². The summed E-state index contributed by atoms with van der Waals surface area (Å²) in [6.07, 6.45) is 53.3. The zero-order chi connectivity index (χ0) is 57.5. The SMILES string of the molecule is CCCCCCCCCCCCCCCCCC(=O)OC[C@H](CSC[C@H](NC(=O)CCCCCCCCCCCCCCC)C(=O)OC(c1ccccc1)c1ccccc1)OC(=O)CCCCCCCCCCCCCCCCC. The Hall–Kier alpha value is -3.33. The lowest BCUT2D eigenvalue weighted by molar-refractivity contribution is -0.157. The van der Waals surface area contributed by atoms with Crippen LogP contribution in [0, 0.1) is 0 Å². The van der Waals surface area contributed by atoms with Crippen molar-refractivity contribution >= 4 is 35.6 Å². The van der Waals surface area contributed by atoms with Crippen LogP contribution in [-0.2, 0) is 33.4 Å². The maximum absolute atomic E-state index is 14.3. The predicted molar refractivity (Wildman–Crippen MR) is 340 cm³/mol. The van der Waals surface area contributed by atoms with Crippen LogP contribution in [0.2, 0.25) is 0 Å². The van der Waals surface area contributed by atoms with E-state index >= 15 is 0 Å². The van der Waals surface area contributed by atoms with Crippen molar-refractivity contribution in [3.8, 4) is 0 Å². The highest BCUT2D eigenvalue weighted by Crippen LogP contribution is 2.27. The molecule has 0 bridgehead atoms. The summed E-state index contributed by atoms with van der Waals surface area (Å²) >= 11 is 1.40. The van der Waals surface area contributed by atoms with E-state index in [1.807, 2.05) is 60.7 Å². The highest BCUT2D eigenvalue weighted by atomic mass is 32.2. The van der Waals surface area contributed by atoms with Gasteiger partial charge in [0.2, 0.25) is 5.91 Å². The van der Waals surface area contributed by atoms with Gasteiger partial charge >= 0.3 is 17.9 Å². The molecule has 80 heavy (non-hydrogen) atoms. The fraction of sp³-hybridized carbons (Fsp3) is 0.775. The van der Waals surface area contributed by atoms with Gasteiger partial charge in [0.05, 0.1) is 0 Å². The van der Waals surface area contributed by atoms with Crippen molar-refractivity contribution in [2.75, 3.05) is 18.1 Å². The molecule has 0 aliphatic carbocycles. The summed E-state index contributed by atoms with van der Waals surface area (Å²) in [5.74, 6) is -0.755. The highest BCUT2D eigenvalue weighted by molar-refractivity contribution is 7.99. The summed E-state index contributed by atoms with van der Waals surface area (Å²) in [4.78, 5) is 54.3. The molecule has 1 N–H and O–H groups in total. The lowest BCUT2D eigenvalue weighted by Crippen LogP contribution is -2.44. The topological polar surface area (TPSA) is 108 Å². The first-order valence-corrected chi connectivity index (χ1v) is 35.1. The number of carbonyl (C=O) groups is 4. The Balaban J connectivity index is 1.96. The lowest BCUT2D eigenvalue weighted by Gasteiger charge is -2.24. The van der Waals surface area contributed by atoms with Crippen LogP contribution < -0.4 is 5.32 Å². The summed E-state index contributed by atoms with van der Waals surface area (Å²) in [5, 5.41) is 3.04. The first-order valence-electron chi connectivity index (χ1n) is 33.9. The number of amides is 1. The number of hydrogen-bond acceptors (Lipinski definition) is 8. The highest BCUT2D eigenvalue weighted by Gasteiger charge is 2.28. The number of ether oxygens (including phenoxy) is 3. The van der Waals surface area contributed by atoms with Crippen LogP contribution in [0.15, 0.2) is 60.7 Å². The Bertz CT molecular complexity index is 1670. The first-order chi connectivity index (χ1) is 39.4. The largest absolute Gasteiger partial charge is 0.462 e. The van der Waals surface area contributed by atoms with Gasteiger partial charge in [-0.2, -0.15) is 11.8 Å². The molecule has 2 aromatic carbocycles. The second-order valence-electron chi connectivity index (χ2n) is 23.5. The molecule has 9 heteroatoms. The molecule has 0 unspecified atom stereocenters. The molecule has 2 rings (SSSR count). The normalized spacial score (nSPS) is 12.2. The number of unbranched alkanes of at least 4 members (excludes halogenated alkanes) is 40. The fourth-order valence-corrected chi connectivity index (χ4v) is 11.8. The third kappa shape index (κ3) is 43.4. The van der Waals surface area contributed by atoms with Crippen LogP contribution in [0.4, 0.5) is 0 Å². The number of nitrogens with one attached hydrogen (secondary N) is 1. The smallest absolute Gasteiger partial charge is 0.330 e. The van der Waals surface area contributed by atoms with Crippen molar-refractivity contribution < 1.29 is 33.4 Å². The maximum Gasteiger partial charge on any atom is 0.330 e. The van der Waals surface area contributed by atoms with Gasteiger partial charge in [0, 0.05) is 30.8 Å². The van der Waals surface area contributed by atoms with Crippen LogP contribution in [0.25, 0.3) is 0 Å². The summed E-state index contributed by atoms with van der Waals surface area (Å²) in [7, 11) is 0. The van der Waals surface area contributed by atoms with Crippen molar-refractivity contribution in [2.24, 2.45) is 0 Å². The molecule has 458 valence electrons. The molecule has 0 aliphatic heterocycles. The van der Waals surface area contributed by atoms with Gasteiger partial charge in [0.1, 0.15) is 18.8 Å². The number of hydrogen-bond donors (Lipinski definition) is 1. The minimum atomic E-state index is -0.936. The van der Waals surface area contributed by atoms with Gasteiger partial charge in [-0.15, -0.1) is 0 Å². The molecule has 0 aliphatic rings. The number of carbonyl (C=O) groups excluding carboxylic acids is 4. The molecule has 0 fully saturated rings. The number of thioether (sulfide) groups is 1. The van der Waals surface area contributed by atoms with Gasteiger partial charge in [-0.1, -0.05) is 338 Å². The third-order valence-electron chi connectivity index (χ3n) is 15.9. The Morgan fingerprint density at radius 3 is 1.04 bits per heavy atom. The van der Waals surface area contributed by atoms with E-state index in [2.05, 4.69) is 26.1 Å². The van der Waals surface area contributed by atoms with Crippen molar-refractivity contribution in [2.45, 2.75) is 334 Å². The van der Waals surface area contributed by atoms with Crippen molar-refractivity contribution in [3.63, 3.8) is 0 Å². The zero-order valence-corrected chi connectivity index (χ0v) is 52.7. The molecule has 0 radical (unpaired) electrons. The molecule has 0 saturated heterocycles. The summed E-state index contributed by atoms with van der Waals surface area (Å²) in [6.45, 7) is 6.77. The van der Waals surface area contributed by atoms with Crippen molar-refractivity contribution in [3.05, 3.63) is 71.8 Å². The molecule has 0 spiro atoms. The molecular formula is C71H121NO7S. The average molecular weight is 1130 g/mol. The predicted octanol–water partition coefficient (Wildman–Crippen LogP) is 21.0. The van der Waals surface area contributed by atoms with Crippen LogP contribution in [0.5, 0.6) is 0 Å². The Morgan fingerprint density at radius 2 is 0.688 bits per heavy atom. The van der Waals surface area contributed by atoms with Crippen LogP contribution in [0.1, 0.15) is 333 Å². The Labute approximate surface area is 496 Å². The number of benzene rings is 2. The standard InChI is InChI=1S/C71H121NO7S/c1-4-7-10-13-16-19-22-25-27-30-33-36-39-42-51-58-68(74)77-60-65(78-69(75)59-52-43-40-37-34-31-28-26-23-20-17-14-11-8-5-2)61-80-62-66(71(76)79-70(63-53-46-44-47-54-63)64-55-48-45-49-56-64)72-67(73)57-50-41-38-35-32-29-24-21-18-15-12-9-6-3/h44-49,53-56,65-66,70H,4-43,50-52,57-62H2,1-3H3,(H,72,73)/t65-,66+/m1/s1. The van der Waals surface area contributed by atoms with Gasteiger partial charge < -0.3 is 19.5 Å². The van der Waals surface area contributed by atoms with E-state index in [4.69, 9.17) is 14.2 Å². The van der Waals surface area contributed by atoms with E-state index < -0.39 is 24.2 Å². The van der Waals surface area contributed by atoms with Gasteiger partial charge in [0.25, 0.3) is 0 Å². The van der Waals surface area contributed by atoms with Crippen LogP contribution in [0.3, 0.4) is 0 Å². The van der Waals surface area contributed by atoms with Gasteiger partial charge in [-0.3, -0.25) is 14.4 Å². The molecule has 0 aromatic heterocycles. The Kier molecular flexibility index (Phi) is 49.9. The first kappa shape index (κ1) is 72.8. The number of rotatable bonds is 58. The lowest BCUT2D eigenvalue weighted by atomic mass is 10.0. The maximum atomic E-state index is 14.3. The molecular weight excluding hydrogens is 1010 g/mol. The molecule has 2 aromatic rings. The van der Waals surface area contributed by atoms with E-state index in [0.29, 0.717) is 25.0 Å². The van der Waals surface area contributed by atoms with E-state index in [1.54, 1.807) is 0 Å². The van der Waals surface area contributed by atoms with E-state index in [0.717, 1.165) is 68.9 Å². The summed E-state index contributed by atoms with van der Waals surface area (Å²) < 4.78 is 18.2. The second-order valence-corrected chi connectivity index (χ2v) is 24.6. The Morgan fingerprint density at radius 1 is 0.375 bits per heavy atom. The molecule has 8 nitrogen and oxygen atoms in total. The van der Waals surface area contributed by atoms with Crippen LogP contribution >= 0.6 is 11.8 Å². The molecule has 2 atom stereocenters. The van der Waals surface area contributed by atoms with E-state index in [9.17, 15) is 19.2 Å².